The smallest absolute Gasteiger partial charge is 0.329 e. The average molecular weight is 506 g/mol. The SMILES string of the molecule is CC(C)(C)[Si](C)(C)N1C(=O)C[C@H]1C(=O)N[C@@H](Cc1c[nH]c2ccccc12)C(=O)OCc1ccccc1. The van der Waals surface area contributed by atoms with Gasteiger partial charge in [-0.25, -0.2) is 4.79 Å². The first-order chi connectivity index (χ1) is 17.0. The van der Waals surface area contributed by atoms with Crippen LogP contribution in [0, 0.1) is 0 Å². The summed E-state index contributed by atoms with van der Waals surface area (Å²) in [4.78, 5) is 42.5. The fourth-order valence-corrected chi connectivity index (χ4v) is 6.93. The van der Waals surface area contributed by atoms with Gasteiger partial charge in [-0.1, -0.05) is 82.4 Å². The predicted molar refractivity (Wildman–Crippen MR) is 143 cm³/mol. The summed E-state index contributed by atoms with van der Waals surface area (Å²) in [5.74, 6) is -0.801. The molecule has 1 saturated heterocycles. The minimum atomic E-state index is -2.25. The topological polar surface area (TPSA) is 91.5 Å². The molecule has 0 radical (unpaired) electrons. The van der Waals surface area contributed by atoms with Crippen molar-refractivity contribution in [1.82, 2.24) is 14.9 Å². The number of carbonyl (C=O) groups is 3. The van der Waals surface area contributed by atoms with Gasteiger partial charge in [0.25, 0.3) is 0 Å². The van der Waals surface area contributed by atoms with Crippen LogP contribution in [0.1, 0.15) is 38.3 Å². The zero-order valence-corrected chi connectivity index (χ0v) is 22.6. The van der Waals surface area contributed by atoms with Crippen molar-refractivity contribution < 1.29 is 19.1 Å². The lowest BCUT2D eigenvalue weighted by Gasteiger charge is -2.54. The van der Waals surface area contributed by atoms with Crippen LogP contribution in [0.15, 0.2) is 60.8 Å². The molecule has 1 aromatic heterocycles. The molecule has 2 amide bonds. The standard InChI is InChI=1S/C28H35N3O4Si/c1-28(2,3)36(4,5)31-24(16-25(31)32)26(33)30-23(27(34)35-18-19-11-7-6-8-12-19)15-20-17-29-22-14-10-9-13-21(20)22/h6-14,17,23-24,29H,15-16,18H2,1-5H3,(H,30,33)/t23-,24-/m0/s1. The van der Waals surface area contributed by atoms with Gasteiger partial charge in [0.2, 0.25) is 11.8 Å². The molecule has 0 unspecified atom stereocenters. The molecule has 1 aliphatic heterocycles. The number of rotatable bonds is 8. The number of β-lactam (4-membered cyclic amide) rings is 1. The number of carbonyl (C=O) groups excluding carboxylic acids is 3. The fourth-order valence-electron chi connectivity index (χ4n) is 4.50. The van der Waals surface area contributed by atoms with E-state index in [1.807, 2.05) is 60.8 Å². The lowest BCUT2D eigenvalue weighted by atomic mass is 10.0. The average Bonchev–Trinajstić information content (AvgIpc) is 3.23. The number of esters is 1. The number of aromatic amines is 1. The van der Waals surface area contributed by atoms with Gasteiger partial charge < -0.3 is 19.6 Å². The van der Waals surface area contributed by atoms with Gasteiger partial charge in [-0.05, 0) is 22.2 Å². The number of hydrogen-bond acceptors (Lipinski definition) is 4. The van der Waals surface area contributed by atoms with Gasteiger partial charge in [-0.2, -0.15) is 0 Å². The molecule has 190 valence electrons. The normalized spacial score (nSPS) is 17.0. The van der Waals surface area contributed by atoms with Gasteiger partial charge in [-0.15, -0.1) is 0 Å². The third-order valence-corrected chi connectivity index (χ3v) is 13.0. The van der Waals surface area contributed by atoms with Crippen molar-refractivity contribution in [3.8, 4) is 0 Å². The highest BCUT2D eigenvalue weighted by Crippen LogP contribution is 2.42. The molecule has 0 spiro atoms. The molecule has 2 N–H and O–H groups in total. The lowest BCUT2D eigenvalue weighted by Crippen LogP contribution is -2.72. The van der Waals surface area contributed by atoms with E-state index in [4.69, 9.17) is 4.74 Å². The molecule has 1 fully saturated rings. The first-order valence-corrected chi connectivity index (χ1v) is 15.3. The second-order valence-corrected chi connectivity index (χ2v) is 16.1. The number of hydrogen-bond donors (Lipinski definition) is 2. The highest BCUT2D eigenvalue weighted by Gasteiger charge is 2.54. The van der Waals surface area contributed by atoms with E-state index in [-0.39, 0.29) is 36.3 Å². The van der Waals surface area contributed by atoms with Crippen LogP contribution in [0.5, 0.6) is 0 Å². The monoisotopic (exact) mass is 505 g/mol. The summed E-state index contributed by atoms with van der Waals surface area (Å²) in [6.07, 6.45) is 2.31. The Morgan fingerprint density at radius 1 is 1.11 bits per heavy atom. The van der Waals surface area contributed by atoms with Crippen molar-refractivity contribution in [2.24, 2.45) is 0 Å². The summed E-state index contributed by atoms with van der Waals surface area (Å²) < 4.78 is 7.41. The number of H-pyrrole nitrogens is 1. The minimum Gasteiger partial charge on any atom is -0.459 e. The maximum atomic E-state index is 13.4. The van der Waals surface area contributed by atoms with Gasteiger partial charge in [0.15, 0.2) is 8.24 Å². The Hall–Kier alpha value is -3.39. The van der Waals surface area contributed by atoms with Gasteiger partial charge in [0, 0.05) is 23.5 Å². The molecule has 36 heavy (non-hydrogen) atoms. The van der Waals surface area contributed by atoms with Crippen LogP contribution in [-0.2, 0) is 32.1 Å². The number of benzene rings is 2. The molecule has 8 heteroatoms. The van der Waals surface area contributed by atoms with Crippen LogP contribution in [0.25, 0.3) is 10.9 Å². The second-order valence-electron chi connectivity index (χ2n) is 11.0. The van der Waals surface area contributed by atoms with Gasteiger partial charge >= 0.3 is 5.97 Å². The first kappa shape index (κ1) is 25.7. The number of ether oxygens (including phenoxy) is 1. The van der Waals surface area contributed by atoms with Crippen molar-refractivity contribution >= 4 is 36.9 Å². The van der Waals surface area contributed by atoms with E-state index < -0.39 is 26.3 Å². The van der Waals surface area contributed by atoms with Gasteiger partial charge in [0.1, 0.15) is 18.7 Å². The number of nitrogens with one attached hydrogen (secondary N) is 2. The molecule has 0 saturated carbocycles. The number of nitrogens with zero attached hydrogens (tertiary/aromatic N) is 1. The van der Waals surface area contributed by atoms with Gasteiger partial charge in [0.05, 0.1) is 6.42 Å². The second kappa shape index (κ2) is 9.93. The number of fused-ring (bicyclic) bond motifs is 1. The molecule has 2 atom stereocenters. The van der Waals surface area contributed by atoms with Crippen LogP contribution in [0.3, 0.4) is 0 Å². The Kier molecular flexibility index (Phi) is 7.09. The zero-order valence-electron chi connectivity index (χ0n) is 21.6. The Morgan fingerprint density at radius 2 is 1.78 bits per heavy atom. The van der Waals surface area contributed by atoms with Crippen LogP contribution < -0.4 is 5.32 Å². The van der Waals surface area contributed by atoms with E-state index in [1.54, 1.807) is 4.57 Å². The minimum absolute atomic E-state index is 0.00146. The Bertz CT molecular complexity index is 1260. The van der Waals surface area contributed by atoms with Crippen molar-refractivity contribution in [1.29, 1.82) is 0 Å². The third kappa shape index (κ3) is 5.09. The lowest BCUT2D eigenvalue weighted by molar-refractivity contribution is -0.152. The van der Waals surface area contributed by atoms with E-state index in [1.165, 1.54) is 0 Å². The highest BCUT2D eigenvalue weighted by atomic mass is 28.3. The van der Waals surface area contributed by atoms with Crippen molar-refractivity contribution in [3.63, 3.8) is 0 Å². The molecule has 0 bridgehead atoms. The third-order valence-electron chi connectivity index (χ3n) is 7.61. The van der Waals surface area contributed by atoms with Crippen molar-refractivity contribution in [3.05, 3.63) is 71.9 Å². The molecular weight excluding hydrogens is 470 g/mol. The fraction of sp³-hybridized carbons (Fsp3) is 0.393. The molecule has 1 aliphatic rings. The molecular formula is C28H35N3O4Si. The van der Waals surface area contributed by atoms with Crippen LogP contribution >= 0.6 is 0 Å². The summed E-state index contributed by atoms with van der Waals surface area (Å²) in [5, 5.41) is 3.83. The quantitative estimate of drug-likeness (QED) is 0.267. The summed E-state index contributed by atoms with van der Waals surface area (Å²) >= 11 is 0. The van der Waals surface area contributed by atoms with Crippen LogP contribution in [0.4, 0.5) is 0 Å². The highest BCUT2D eigenvalue weighted by molar-refractivity contribution is 6.80. The number of amides is 2. The van der Waals surface area contributed by atoms with Crippen molar-refractivity contribution in [2.75, 3.05) is 0 Å². The van der Waals surface area contributed by atoms with E-state index >= 15 is 0 Å². The van der Waals surface area contributed by atoms with E-state index in [0.717, 1.165) is 22.0 Å². The Morgan fingerprint density at radius 3 is 2.44 bits per heavy atom. The molecule has 4 rings (SSSR count). The summed E-state index contributed by atoms with van der Waals surface area (Å²) in [6, 6.07) is 15.8. The van der Waals surface area contributed by atoms with E-state index in [0.29, 0.717) is 0 Å². The molecule has 2 heterocycles. The van der Waals surface area contributed by atoms with Crippen molar-refractivity contribution in [2.45, 2.75) is 70.4 Å². The predicted octanol–water partition coefficient (Wildman–Crippen LogP) is 4.54. The molecule has 2 aromatic carbocycles. The maximum absolute atomic E-state index is 13.4. The van der Waals surface area contributed by atoms with E-state index in [9.17, 15) is 14.4 Å². The molecule has 3 aromatic rings. The van der Waals surface area contributed by atoms with Crippen LogP contribution in [0.2, 0.25) is 18.1 Å². The summed E-state index contributed by atoms with van der Waals surface area (Å²) in [5.41, 5.74) is 2.75. The zero-order chi connectivity index (χ0) is 26.1. The Labute approximate surface area is 213 Å². The largest absolute Gasteiger partial charge is 0.459 e. The summed E-state index contributed by atoms with van der Waals surface area (Å²) in [6.45, 7) is 10.7. The number of para-hydroxylation sites is 1. The summed E-state index contributed by atoms with van der Waals surface area (Å²) in [7, 11) is -2.25. The van der Waals surface area contributed by atoms with Gasteiger partial charge in [-0.3, -0.25) is 9.59 Å². The maximum Gasteiger partial charge on any atom is 0.329 e. The first-order valence-electron chi connectivity index (χ1n) is 12.4. The Balaban J connectivity index is 1.54. The molecule has 7 nitrogen and oxygen atoms in total. The van der Waals surface area contributed by atoms with E-state index in [2.05, 4.69) is 44.2 Å². The van der Waals surface area contributed by atoms with Crippen LogP contribution in [-0.4, -0.2) is 47.7 Å². The number of aromatic nitrogens is 1. The molecule has 0 aliphatic carbocycles.